The molecular formula is C9H21NO3S. The number of hydrogen-bond acceptors (Lipinski definition) is 3. The first kappa shape index (κ1) is 13.9. The Bertz CT molecular complexity index is 236. The first-order valence-electron chi connectivity index (χ1n) is 5.02. The highest BCUT2D eigenvalue weighted by molar-refractivity contribution is 7.89. The second-order valence-corrected chi connectivity index (χ2v) is 5.84. The number of rotatable bonds is 7. The lowest BCUT2D eigenvalue weighted by Gasteiger charge is -2.10. The minimum Gasteiger partial charge on any atom is -0.392 e. The molecule has 0 saturated carbocycles. The molecule has 4 nitrogen and oxygen atoms in total. The van der Waals surface area contributed by atoms with E-state index in [1.54, 1.807) is 0 Å². The van der Waals surface area contributed by atoms with Gasteiger partial charge in [-0.3, -0.25) is 0 Å². The fourth-order valence-corrected chi connectivity index (χ4v) is 2.20. The maximum atomic E-state index is 11.3. The van der Waals surface area contributed by atoms with Gasteiger partial charge in [-0.05, 0) is 18.8 Å². The van der Waals surface area contributed by atoms with Gasteiger partial charge in [0.05, 0.1) is 11.9 Å². The fraction of sp³-hybridized carbons (Fsp3) is 1.00. The Kier molecular flexibility index (Phi) is 6.31. The van der Waals surface area contributed by atoms with E-state index in [0.717, 1.165) is 0 Å². The molecule has 0 aromatic heterocycles. The molecule has 0 saturated heterocycles. The number of aliphatic hydroxyl groups is 1. The monoisotopic (exact) mass is 223 g/mol. The van der Waals surface area contributed by atoms with Crippen molar-refractivity contribution in [3.05, 3.63) is 0 Å². The molecule has 1 atom stereocenters. The van der Waals surface area contributed by atoms with Gasteiger partial charge in [-0.25, -0.2) is 13.1 Å². The van der Waals surface area contributed by atoms with E-state index in [0.29, 0.717) is 18.8 Å². The number of aliphatic hydroxyl groups excluding tert-OH is 1. The van der Waals surface area contributed by atoms with E-state index in [2.05, 4.69) is 4.72 Å². The normalized spacial score (nSPS) is 14.6. The molecule has 1 unspecified atom stereocenters. The molecule has 0 amide bonds. The van der Waals surface area contributed by atoms with E-state index in [-0.39, 0.29) is 12.3 Å². The van der Waals surface area contributed by atoms with Gasteiger partial charge in [0, 0.05) is 6.54 Å². The van der Waals surface area contributed by atoms with Gasteiger partial charge in [0.1, 0.15) is 0 Å². The zero-order valence-corrected chi connectivity index (χ0v) is 9.97. The van der Waals surface area contributed by atoms with Gasteiger partial charge in [0.15, 0.2) is 0 Å². The molecule has 0 aliphatic carbocycles. The van der Waals surface area contributed by atoms with Gasteiger partial charge in [0.2, 0.25) is 10.0 Å². The van der Waals surface area contributed by atoms with Crippen LogP contribution in [0.4, 0.5) is 0 Å². The summed E-state index contributed by atoms with van der Waals surface area (Å²) < 4.78 is 25.1. The van der Waals surface area contributed by atoms with Crippen LogP contribution >= 0.6 is 0 Å². The SMILES string of the molecule is CCC(O)CNS(=O)(=O)CCC(C)C. The Hall–Kier alpha value is -0.130. The van der Waals surface area contributed by atoms with Crippen molar-refractivity contribution in [3.8, 4) is 0 Å². The molecule has 0 bridgehead atoms. The third-order valence-electron chi connectivity index (χ3n) is 1.97. The van der Waals surface area contributed by atoms with Crippen molar-refractivity contribution < 1.29 is 13.5 Å². The minimum absolute atomic E-state index is 0.122. The quantitative estimate of drug-likeness (QED) is 0.668. The van der Waals surface area contributed by atoms with Crippen LogP contribution < -0.4 is 4.72 Å². The molecule has 14 heavy (non-hydrogen) atoms. The second kappa shape index (κ2) is 6.37. The Balaban J connectivity index is 3.84. The van der Waals surface area contributed by atoms with Gasteiger partial charge in [-0.1, -0.05) is 20.8 Å². The summed E-state index contributed by atoms with van der Waals surface area (Å²) in [4.78, 5) is 0. The molecule has 5 heteroatoms. The molecule has 0 spiro atoms. The van der Waals surface area contributed by atoms with Crippen LogP contribution in [0, 0.1) is 5.92 Å². The summed E-state index contributed by atoms with van der Waals surface area (Å²) in [6.45, 7) is 5.90. The highest BCUT2D eigenvalue weighted by Crippen LogP contribution is 2.01. The first-order valence-corrected chi connectivity index (χ1v) is 6.68. The summed E-state index contributed by atoms with van der Waals surface area (Å²) in [6.07, 6.45) is 0.633. The van der Waals surface area contributed by atoms with E-state index >= 15 is 0 Å². The lowest BCUT2D eigenvalue weighted by Crippen LogP contribution is -2.33. The van der Waals surface area contributed by atoms with Crippen LogP contribution in [0.3, 0.4) is 0 Å². The Morgan fingerprint density at radius 2 is 1.93 bits per heavy atom. The molecular weight excluding hydrogens is 202 g/mol. The van der Waals surface area contributed by atoms with Gasteiger partial charge >= 0.3 is 0 Å². The predicted octanol–water partition coefficient (Wildman–Crippen LogP) is 0.723. The fourth-order valence-electron chi connectivity index (χ4n) is 0.831. The Labute approximate surface area is 86.8 Å². The summed E-state index contributed by atoms with van der Waals surface area (Å²) in [5, 5.41) is 9.17. The van der Waals surface area contributed by atoms with Crippen molar-refractivity contribution in [1.82, 2.24) is 4.72 Å². The first-order chi connectivity index (χ1) is 6.37. The van der Waals surface area contributed by atoms with Crippen LogP contribution in [0.2, 0.25) is 0 Å². The van der Waals surface area contributed by atoms with Crippen molar-refractivity contribution in [2.45, 2.75) is 39.7 Å². The molecule has 2 N–H and O–H groups in total. The number of nitrogens with one attached hydrogen (secondary N) is 1. The van der Waals surface area contributed by atoms with Crippen LogP contribution in [0.5, 0.6) is 0 Å². The van der Waals surface area contributed by atoms with Crippen LogP contribution in [-0.2, 0) is 10.0 Å². The van der Waals surface area contributed by atoms with E-state index in [1.807, 2.05) is 20.8 Å². The zero-order chi connectivity index (χ0) is 11.2. The third kappa shape index (κ3) is 7.29. The maximum Gasteiger partial charge on any atom is 0.211 e. The van der Waals surface area contributed by atoms with Crippen molar-refractivity contribution >= 4 is 10.0 Å². The largest absolute Gasteiger partial charge is 0.392 e. The van der Waals surface area contributed by atoms with E-state index in [4.69, 9.17) is 0 Å². The molecule has 0 fully saturated rings. The van der Waals surface area contributed by atoms with Crippen molar-refractivity contribution in [2.24, 2.45) is 5.92 Å². The molecule has 86 valence electrons. The smallest absolute Gasteiger partial charge is 0.211 e. The van der Waals surface area contributed by atoms with Crippen molar-refractivity contribution in [3.63, 3.8) is 0 Å². The molecule has 0 heterocycles. The van der Waals surface area contributed by atoms with E-state index in [1.165, 1.54) is 0 Å². The zero-order valence-electron chi connectivity index (χ0n) is 9.16. The lowest BCUT2D eigenvalue weighted by atomic mass is 10.2. The highest BCUT2D eigenvalue weighted by atomic mass is 32.2. The van der Waals surface area contributed by atoms with Gasteiger partial charge in [-0.2, -0.15) is 0 Å². The maximum absolute atomic E-state index is 11.3. The summed E-state index contributed by atoms with van der Waals surface area (Å²) >= 11 is 0. The Morgan fingerprint density at radius 1 is 1.36 bits per heavy atom. The highest BCUT2D eigenvalue weighted by Gasteiger charge is 2.12. The van der Waals surface area contributed by atoms with E-state index < -0.39 is 16.1 Å². The average Bonchev–Trinajstić information content (AvgIpc) is 2.11. The molecule has 0 aromatic rings. The lowest BCUT2D eigenvalue weighted by molar-refractivity contribution is 0.174. The van der Waals surface area contributed by atoms with Gasteiger partial charge in [0.25, 0.3) is 0 Å². The van der Waals surface area contributed by atoms with Crippen LogP contribution in [0.25, 0.3) is 0 Å². The molecule has 0 radical (unpaired) electrons. The number of sulfonamides is 1. The topological polar surface area (TPSA) is 66.4 Å². The van der Waals surface area contributed by atoms with Crippen LogP contribution in [-0.4, -0.2) is 31.9 Å². The minimum atomic E-state index is -3.19. The van der Waals surface area contributed by atoms with Crippen LogP contribution in [0.15, 0.2) is 0 Å². The second-order valence-electron chi connectivity index (χ2n) is 3.91. The standard InChI is InChI=1S/C9H21NO3S/c1-4-9(11)7-10-14(12,13)6-5-8(2)3/h8-11H,4-7H2,1-3H3. The van der Waals surface area contributed by atoms with E-state index in [9.17, 15) is 13.5 Å². The molecule has 0 rings (SSSR count). The van der Waals surface area contributed by atoms with Crippen LogP contribution in [0.1, 0.15) is 33.6 Å². The van der Waals surface area contributed by atoms with Gasteiger partial charge in [-0.15, -0.1) is 0 Å². The summed E-state index contributed by atoms with van der Waals surface area (Å²) in [5.41, 5.74) is 0. The average molecular weight is 223 g/mol. The van der Waals surface area contributed by atoms with Crippen molar-refractivity contribution in [1.29, 1.82) is 0 Å². The van der Waals surface area contributed by atoms with Crippen molar-refractivity contribution in [2.75, 3.05) is 12.3 Å². The number of hydrogen-bond donors (Lipinski definition) is 2. The Morgan fingerprint density at radius 3 is 2.36 bits per heavy atom. The summed E-state index contributed by atoms with van der Waals surface area (Å²) in [6, 6.07) is 0. The third-order valence-corrected chi connectivity index (χ3v) is 3.35. The summed E-state index contributed by atoms with van der Waals surface area (Å²) in [5.74, 6) is 0.517. The molecule has 0 aromatic carbocycles. The molecule has 0 aliphatic rings. The predicted molar refractivity (Wildman–Crippen MR) is 57.5 cm³/mol. The summed E-state index contributed by atoms with van der Waals surface area (Å²) in [7, 11) is -3.19. The molecule has 0 aliphatic heterocycles. The van der Waals surface area contributed by atoms with Gasteiger partial charge < -0.3 is 5.11 Å².